The highest BCUT2D eigenvalue weighted by atomic mass is 31.2. The first-order valence-corrected chi connectivity index (χ1v) is 7.20. The van der Waals surface area contributed by atoms with Crippen molar-refractivity contribution in [2.45, 2.75) is 25.5 Å². The van der Waals surface area contributed by atoms with Crippen molar-refractivity contribution in [2.24, 2.45) is 0 Å². The first-order chi connectivity index (χ1) is 8.55. The van der Waals surface area contributed by atoms with Gasteiger partial charge in [0.1, 0.15) is 11.6 Å². The maximum Gasteiger partial charge on any atom is 0.352 e. The van der Waals surface area contributed by atoms with E-state index in [1.165, 1.54) is 20.4 Å². The Morgan fingerprint density at radius 2 is 2.17 bits per heavy atom. The molecule has 1 rings (SSSR count). The standard InChI is InChI=1S/C10H18N3O4P/c1-4-5-9(18(15,16-2)17-3)12-8-6-7-11-10(14)13-8/h6-7,9H,4-5H2,1-3H3,(H2,11,12,13,14). The molecule has 2 N–H and O–H groups in total. The van der Waals surface area contributed by atoms with Crippen molar-refractivity contribution in [1.29, 1.82) is 0 Å². The summed E-state index contributed by atoms with van der Waals surface area (Å²) in [6, 6.07) is 1.58. The number of anilines is 1. The molecule has 18 heavy (non-hydrogen) atoms. The summed E-state index contributed by atoms with van der Waals surface area (Å²) in [4.78, 5) is 17.1. The van der Waals surface area contributed by atoms with E-state index in [2.05, 4.69) is 15.3 Å². The van der Waals surface area contributed by atoms with Crippen molar-refractivity contribution >= 4 is 13.4 Å². The Kier molecular flexibility index (Phi) is 5.53. The number of aromatic amines is 1. The molecule has 7 nitrogen and oxygen atoms in total. The first kappa shape index (κ1) is 14.9. The van der Waals surface area contributed by atoms with Gasteiger partial charge < -0.3 is 14.4 Å². The Balaban J connectivity index is 2.93. The third-order valence-electron chi connectivity index (χ3n) is 2.45. The van der Waals surface area contributed by atoms with Gasteiger partial charge in [-0.3, -0.25) is 9.55 Å². The molecule has 0 amide bonds. The molecule has 1 unspecified atom stereocenters. The smallest absolute Gasteiger partial charge is 0.352 e. The Hall–Kier alpha value is -1.17. The zero-order chi connectivity index (χ0) is 13.6. The van der Waals surface area contributed by atoms with Gasteiger partial charge >= 0.3 is 13.3 Å². The second-order valence-corrected chi connectivity index (χ2v) is 6.08. The van der Waals surface area contributed by atoms with Gasteiger partial charge in [0, 0.05) is 20.4 Å². The molecule has 102 valence electrons. The van der Waals surface area contributed by atoms with E-state index in [-0.39, 0.29) is 0 Å². The molecular formula is C10H18N3O4P. The third-order valence-corrected chi connectivity index (χ3v) is 4.62. The molecule has 1 aromatic rings. The Labute approximate surface area is 105 Å². The van der Waals surface area contributed by atoms with Crippen molar-refractivity contribution in [3.05, 3.63) is 22.7 Å². The summed E-state index contributed by atoms with van der Waals surface area (Å²) in [5, 5.41) is 2.95. The average Bonchev–Trinajstić information content (AvgIpc) is 2.37. The van der Waals surface area contributed by atoms with Crippen molar-refractivity contribution in [3.8, 4) is 0 Å². The number of H-pyrrole nitrogens is 1. The van der Waals surface area contributed by atoms with Crippen LogP contribution in [0.2, 0.25) is 0 Å². The molecular weight excluding hydrogens is 257 g/mol. The molecule has 0 spiro atoms. The van der Waals surface area contributed by atoms with E-state index < -0.39 is 19.1 Å². The van der Waals surface area contributed by atoms with Crippen molar-refractivity contribution in [1.82, 2.24) is 9.97 Å². The Morgan fingerprint density at radius 3 is 2.67 bits per heavy atom. The highest BCUT2D eigenvalue weighted by Gasteiger charge is 2.33. The van der Waals surface area contributed by atoms with Gasteiger partial charge in [0.2, 0.25) is 0 Å². The molecule has 0 radical (unpaired) electrons. The largest absolute Gasteiger partial charge is 0.358 e. The molecule has 0 fully saturated rings. The van der Waals surface area contributed by atoms with E-state index in [1.54, 1.807) is 6.07 Å². The predicted octanol–water partition coefficient (Wildman–Crippen LogP) is 1.79. The lowest BCUT2D eigenvalue weighted by Gasteiger charge is -2.25. The van der Waals surface area contributed by atoms with E-state index in [4.69, 9.17) is 9.05 Å². The molecule has 0 aliphatic heterocycles. The van der Waals surface area contributed by atoms with Crippen LogP contribution in [-0.4, -0.2) is 30.0 Å². The molecule has 0 saturated carbocycles. The number of hydrogen-bond donors (Lipinski definition) is 2. The highest BCUT2D eigenvalue weighted by Crippen LogP contribution is 2.52. The van der Waals surface area contributed by atoms with Crippen LogP contribution in [0.1, 0.15) is 19.8 Å². The zero-order valence-corrected chi connectivity index (χ0v) is 11.6. The summed E-state index contributed by atoms with van der Waals surface area (Å²) >= 11 is 0. The fourth-order valence-corrected chi connectivity index (χ4v) is 3.07. The maximum atomic E-state index is 12.3. The number of nitrogens with one attached hydrogen (secondary N) is 2. The van der Waals surface area contributed by atoms with Gasteiger partial charge in [-0.2, -0.15) is 0 Å². The molecule has 0 aliphatic carbocycles. The van der Waals surface area contributed by atoms with Crippen LogP contribution < -0.4 is 11.0 Å². The van der Waals surface area contributed by atoms with Gasteiger partial charge in [-0.1, -0.05) is 13.3 Å². The quantitative estimate of drug-likeness (QED) is 0.737. The van der Waals surface area contributed by atoms with Crippen LogP contribution in [0.5, 0.6) is 0 Å². The van der Waals surface area contributed by atoms with Gasteiger partial charge in [-0.25, -0.2) is 9.78 Å². The second kappa shape index (κ2) is 6.68. The summed E-state index contributed by atoms with van der Waals surface area (Å²) in [6.45, 7) is 1.96. The summed E-state index contributed by atoms with van der Waals surface area (Å²) in [5.74, 6) is -0.0849. The number of nitrogens with zero attached hydrogens (tertiary/aromatic N) is 1. The van der Waals surface area contributed by atoms with E-state index >= 15 is 0 Å². The van der Waals surface area contributed by atoms with Gasteiger partial charge in [0.25, 0.3) is 0 Å². The Bertz CT molecular complexity index is 468. The van der Waals surface area contributed by atoms with Gasteiger partial charge in [0.15, 0.2) is 0 Å². The number of aromatic nitrogens is 2. The van der Waals surface area contributed by atoms with E-state index in [0.29, 0.717) is 12.2 Å². The normalized spacial score (nSPS) is 13.3. The monoisotopic (exact) mass is 275 g/mol. The lowest BCUT2D eigenvalue weighted by molar-refractivity contribution is 0.266. The summed E-state index contributed by atoms with van der Waals surface area (Å²) in [6.07, 6.45) is 2.75. The maximum absolute atomic E-state index is 12.3. The third kappa shape index (κ3) is 3.66. The van der Waals surface area contributed by atoms with Crippen molar-refractivity contribution in [3.63, 3.8) is 0 Å². The SMILES string of the molecule is CCCC(Nc1ccnc(=O)[nH]1)P(=O)(OC)OC. The van der Waals surface area contributed by atoms with Crippen molar-refractivity contribution < 1.29 is 13.6 Å². The fourth-order valence-electron chi connectivity index (χ4n) is 1.54. The van der Waals surface area contributed by atoms with Gasteiger partial charge in [-0.15, -0.1) is 0 Å². The summed E-state index contributed by atoms with van der Waals surface area (Å²) in [5.41, 5.74) is -0.472. The molecule has 1 heterocycles. The molecule has 0 bridgehead atoms. The lowest BCUT2D eigenvalue weighted by atomic mass is 10.3. The van der Waals surface area contributed by atoms with E-state index in [0.717, 1.165) is 6.42 Å². The number of rotatable bonds is 7. The molecule has 1 atom stereocenters. The van der Waals surface area contributed by atoms with E-state index in [1.807, 2.05) is 6.92 Å². The first-order valence-electron chi connectivity index (χ1n) is 5.58. The minimum Gasteiger partial charge on any atom is -0.358 e. The van der Waals surface area contributed by atoms with Crippen LogP contribution >= 0.6 is 7.60 Å². The van der Waals surface area contributed by atoms with Crippen LogP contribution in [0.15, 0.2) is 17.1 Å². The molecule has 8 heteroatoms. The van der Waals surface area contributed by atoms with Gasteiger partial charge in [-0.05, 0) is 12.5 Å². The van der Waals surface area contributed by atoms with Crippen LogP contribution in [0.3, 0.4) is 0 Å². The lowest BCUT2D eigenvalue weighted by Crippen LogP contribution is -2.23. The van der Waals surface area contributed by atoms with Crippen LogP contribution in [-0.2, 0) is 13.6 Å². The minimum absolute atomic E-state index is 0.433. The van der Waals surface area contributed by atoms with Crippen LogP contribution in [0.4, 0.5) is 5.82 Å². The summed E-state index contributed by atoms with van der Waals surface area (Å²) < 4.78 is 22.3. The predicted molar refractivity (Wildman–Crippen MR) is 68.8 cm³/mol. The molecule has 1 aromatic heterocycles. The molecule has 0 aromatic carbocycles. The molecule has 0 aliphatic rings. The minimum atomic E-state index is -3.24. The number of hydrogen-bond acceptors (Lipinski definition) is 6. The van der Waals surface area contributed by atoms with Gasteiger partial charge in [0.05, 0.1) is 0 Å². The zero-order valence-electron chi connectivity index (χ0n) is 10.7. The van der Waals surface area contributed by atoms with E-state index in [9.17, 15) is 9.36 Å². The van der Waals surface area contributed by atoms with Crippen LogP contribution in [0, 0.1) is 0 Å². The highest BCUT2D eigenvalue weighted by molar-refractivity contribution is 7.54. The molecule has 0 saturated heterocycles. The van der Waals surface area contributed by atoms with Crippen molar-refractivity contribution in [2.75, 3.05) is 19.5 Å². The summed E-state index contributed by atoms with van der Waals surface area (Å²) in [7, 11) is -0.568. The topological polar surface area (TPSA) is 93.3 Å². The Morgan fingerprint density at radius 1 is 1.50 bits per heavy atom. The second-order valence-electron chi connectivity index (χ2n) is 3.64. The fraction of sp³-hybridized carbons (Fsp3) is 0.600. The average molecular weight is 275 g/mol. The van der Waals surface area contributed by atoms with Crippen LogP contribution in [0.25, 0.3) is 0 Å².